The van der Waals surface area contributed by atoms with E-state index in [0.717, 1.165) is 45.1 Å². The molecule has 0 aliphatic carbocycles. The van der Waals surface area contributed by atoms with E-state index in [1.165, 1.54) is 12.1 Å². The van der Waals surface area contributed by atoms with Crippen molar-refractivity contribution in [3.05, 3.63) is 95.5 Å². The zero-order valence-electron chi connectivity index (χ0n) is 17.5. The molecule has 0 aliphatic heterocycles. The number of aryl methyl sites for hydroxylation is 3. The number of aromatic nitrogens is 6. The van der Waals surface area contributed by atoms with E-state index in [-0.39, 0.29) is 11.9 Å². The molecule has 1 unspecified atom stereocenters. The Morgan fingerprint density at radius 3 is 2.45 bits per heavy atom. The van der Waals surface area contributed by atoms with Crippen molar-refractivity contribution in [2.45, 2.75) is 19.9 Å². The van der Waals surface area contributed by atoms with Crippen molar-refractivity contribution in [3.8, 4) is 11.3 Å². The third-order valence-corrected chi connectivity index (χ3v) is 5.55. The van der Waals surface area contributed by atoms with Gasteiger partial charge in [0.15, 0.2) is 0 Å². The molecule has 5 rings (SSSR count). The SMILES string of the molecule is Cc1nnn(C)c1-c1ccc2nc(C)n(C(c3ccc(F)cc3)c3ccccn3)c2c1. The summed E-state index contributed by atoms with van der Waals surface area (Å²) in [7, 11) is 1.89. The molecule has 0 bridgehead atoms. The van der Waals surface area contributed by atoms with E-state index >= 15 is 0 Å². The Kier molecular flexibility index (Phi) is 4.58. The van der Waals surface area contributed by atoms with Crippen molar-refractivity contribution in [1.29, 1.82) is 0 Å². The van der Waals surface area contributed by atoms with Gasteiger partial charge in [0.1, 0.15) is 17.7 Å². The van der Waals surface area contributed by atoms with Crippen LogP contribution in [0.2, 0.25) is 0 Å². The van der Waals surface area contributed by atoms with E-state index < -0.39 is 0 Å². The Labute approximate surface area is 179 Å². The van der Waals surface area contributed by atoms with Gasteiger partial charge in [0, 0.05) is 18.8 Å². The molecule has 1 atom stereocenters. The smallest absolute Gasteiger partial charge is 0.123 e. The molecule has 6 nitrogen and oxygen atoms in total. The Morgan fingerprint density at radius 2 is 1.77 bits per heavy atom. The van der Waals surface area contributed by atoms with Crippen molar-refractivity contribution in [3.63, 3.8) is 0 Å². The van der Waals surface area contributed by atoms with Gasteiger partial charge in [-0.15, -0.1) is 5.10 Å². The van der Waals surface area contributed by atoms with Crippen LogP contribution in [-0.4, -0.2) is 29.5 Å². The summed E-state index contributed by atoms with van der Waals surface area (Å²) in [6, 6.07) is 18.3. The molecule has 0 spiro atoms. The number of hydrogen-bond donors (Lipinski definition) is 0. The number of halogens is 1. The fourth-order valence-corrected chi connectivity index (χ4v) is 4.18. The Balaban J connectivity index is 1.77. The molecule has 3 heterocycles. The molecule has 0 aliphatic rings. The molecular weight excluding hydrogens is 391 g/mol. The van der Waals surface area contributed by atoms with Crippen molar-refractivity contribution in [2.75, 3.05) is 0 Å². The van der Waals surface area contributed by atoms with Crippen LogP contribution in [0.1, 0.15) is 28.8 Å². The minimum atomic E-state index is -0.266. The molecular formula is C24H21FN6. The number of hydrogen-bond acceptors (Lipinski definition) is 4. The molecule has 0 N–H and O–H groups in total. The van der Waals surface area contributed by atoms with Crippen LogP contribution in [0.4, 0.5) is 4.39 Å². The van der Waals surface area contributed by atoms with Crippen LogP contribution in [-0.2, 0) is 7.05 Å². The van der Waals surface area contributed by atoms with Gasteiger partial charge >= 0.3 is 0 Å². The zero-order valence-corrected chi connectivity index (χ0v) is 17.5. The van der Waals surface area contributed by atoms with Crippen LogP contribution in [0.25, 0.3) is 22.3 Å². The molecule has 3 aromatic heterocycles. The van der Waals surface area contributed by atoms with E-state index in [0.29, 0.717) is 0 Å². The summed E-state index contributed by atoms with van der Waals surface area (Å²) in [6.45, 7) is 3.93. The Hall–Kier alpha value is -3.87. The minimum absolute atomic E-state index is 0.243. The molecule has 0 radical (unpaired) electrons. The van der Waals surface area contributed by atoms with Crippen molar-refractivity contribution in [2.24, 2.45) is 7.05 Å². The van der Waals surface area contributed by atoms with Crippen LogP contribution in [0.5, 0.6) is 0 Å². The molecule has 0 fully saturated rings. The summed E-state index contributed by atoms with van der Waals surface area (Å²) in [5, 5.41) is 8.32. The molecule has 0 saturated carbocycles. The van der Waals surface area contributed by atoms with Gasteiger partial charge in [0.05, 0.1) is 28.1 Å². The van der Waals surface area contributed by atoms with Gasteiger partial charge in [-0.25, -0.2) is 14.1 Å². The monoisotopic (exact) mass is 412 g/mol. The highest BCUT2D eigenvalue weighted by Gasteiger charge is 2.23. The normalized spacial score (nSPS) is 12.4. The highest BCUT2D eigenvalue weighted by molar-refractivity contribution is 5.83. The van der Waals surface area contributed by atoms with Gasteiger partial charge in [0.25, 0.3) is 0 Å². The predicted octanol–water partition coefficient (Wildman–Crippen LogP) is 4.62. The van der Waals surface area contributed by atoms with Crippen molar-refractivity contribution < 1.29 is 4.39 Å². The summed E-state index contributed by atoms with van der Waals surface area (Å²) >= 11 is 0. The molecule has 31 heavy (non-hydrogen) atoms. The van der Waals surface area contributed by atoms with E-state index in [1.807, 2.05) is 51.2 Å². The second-order valence-corrected chi connectivity index (χ2v) is 7.59. The molecule has 154 valence electrons. The minimum Gasteiger partial charge on any atom is -0.315 e. The van der Waals surface area contributed by atoms with Crippen LogP contribution in [0.3, 0.4) is 0 Å². The highest BCUT2D eigenvalue weighted by Crippen LogP contribution is 2.33. The third-order valence-electron chi connectivity index (χ3n) is 5.55. The third kappa shape index (κ3) is 3.28. The highest BCUT2D eigenvalue weighted by atomic mass is 19.1. The van der Waals surface area contributed by atoms with Crippen LogP contribution >= 0.6 is 0 Å². The zero-order chi connectivity index (χ0) is 21.5. The second-order valence-electron chi connectivity index (χ2n) is 7.59. The van der Waals surface area contributed by atoms with Gasteiger partial charge < -0.3 is 4.57 Å². The number of imidazole rings is 1. The van der Waals surface area contributed by atoms with E-state index in [1.54, 1.807) is 23.0 Å². The van der Waals surface area contributed by atoms with Gasteiger partial charge in [0.2, 0.25) is 0 Å². The van der Waals surface area contributed by atoms with Gasteiger partial charge in [-0.05, 0) is 55.8 Å². The predicted molar refractivity (Wildman–Crippen MR) is 117 cm³/mol. The fourth-order valence-electron chi connectivity index (χ4n) is 4.18. The molecule has 5 aromatic rings. The van der Waals surface area contributed by atoms with Crippen LogP contribution < -0.4 is 0 Å². The van der Waals surface area contributed by atoms with E-state index in [9.17, 15) is 4.39 Å². The Morgan fingerprint density at radius 1 is 0.968 bits per heavy atom. The number of pyridine rings is 1. The lowest BCUT2D eigenvalue weighted by Crippen LogP contribution is -2.15. The van der Waals surface area contributed by atoms with E-state index in [4.69, 9.17) is 4.98 Å². The first-order valence-corrected chi connectivity index (χ1v) is 10.0. The van der Waals surface area contributed by atoms with Gasteiger partial charge in [-0.3, -0.25) is 4.98 Å². The molecule has 2 aromatic carbocycles. The lowest BCUT2D eigenvalue weighted by Gasteiger charge is -2.21. The lowest BCUT2D eigenvalue weighted by molar-refractivity contribution is 0.620. The largest absolute Gasteiger partial charge is 0.315 e. The average Bonchev–Trinajstić information content (AvgIpc) is 3.28. The maximum atomic E-state index is 13.7. The topological polar surface area (TPSA) is 61.4 Å². The first kappa shape index (κ1) is 19.1. The molecule has 0 saturated heterocycles. The summed E-state index contributed by atoms with van der Waals surface area (Å²) in [5.41, 5.74) is 6.49. The van der Waals surface area contributed by atoms with Gasteiger partial charge in [-0.2, -0.15) is 0 Å². The van der Waals surface area contributed by atoms with Crippen LogP contribution in [0.15, 0.2) is 66.9 Å². The standard InChI is InChI=1S/C24H21FN6/c1-15-23(30(3)29-28-15)18-9-12-20-22(14-18)31(16(2)27-20)24(21-6-4-5-13-26-21)17-7-10-19(25)11-8-17/h4-14,24H,1-3H3. The molecule has 0 amide bonds. The molecule has 7 heteroatoms. The first-order valence-electron chi connectivity index (χ1n) is 10.0. The van der Waals surface area contributed by atoms with Crippen LogP contribution in [0, 0.1) is 19.7 Å². The average molecular weight is 412 g/mol. The Bertz CT molecular complexity index is 1350. The maximum absolute atomic E-state index is 13.7. The number of rotatable bonds is 4. The number of nitrogens with zero attached hydrogens (tertiary/aromatic N) is 6. The van der Waals surface area contributed by atoms with E-state index in [2.05, 4.69) is 25.9 Å². The summed E-state index contributed by atoms with van der Waals surface area (Å²) in [6.07, 6.45) is 1.77. The fraction of sp³-hybridized carbons (Fsp3) is 0.167. The summed E-state index contributed by atoms with van der Waals surface area (Å²) < 4.78 is 17.6. The second kappa shape index (κ2) is 7.43. The number of benzene rings is 2. The van der Waals surface area contributed by atoms with Gasteiger partial charge in [-0.1, -0.05) is 29.5 Å². The maximum Gasteiger partial charge on any atom is 0.123 e. The number of fused-ring (bicyclic) bond motifs is 1. The lowest BCUT2D eigenvalue weighted by atomic mass is 10.0. The quantitative estimate of drug-likeness (QED) is 0.432. The van der Waals surface area contributed by atoms with Crippen molar-refractivity contribution >= 4 is 11.0 Å². The first-order chi connectivity index (χ1) is 15.0. The van der Waals surface area contributed by atoms with Crippen molar-refractivity contribution in [1.82, 2.24) is 29.5 Å². The summed E-state index contributed by atoms with van der Waals surface area (Å²) in [4.78, 5) is 9.41. The summed E-state index contributed by atoms with van der Waals surface area (Å²) in [5.74, 6) is 0.587.